The molecule has 4 heavy (non-hydrogen) atoms. The Morgan fingerprint density at radius 1 is 1.75 bits per heavy atom. The summed E-state index contributed by atoms with van der Waals surface area (Å²) in [6.07, 6.45) is 2.25. The van der Waals surface area contributed by atoms with Crippen LogP contribution in [0.3, 0.4) is 0 Å². The minimum absolute atomic E-state index is 0. The van der Waals surface area contributed by atoms with Crippen molar-refractivity contribution in [2.45, 2.75) is 0 Å². The smallest absolute Gasteiger partial charge is 0 e. The molecule has 0 aliphatic heterocycles. The molecule has 0 aliphatic rings. The van der Waals surface area contributed by atoms with Crippen molar-refractivity contribution in [3.8, 4) is 0 Å². The largest absolute Gasteiger partial charge is 0.0486 e. The Bertz CT molecular complexity index is 10.8. The Balaban J connectivity index is 0. The van der Waals surface area contributed by atoms with Crippen molar-refractivity contribution in [3.63, 3.8) is 0 Å². The van der Waals surface area contributed by atoms with Crippen LogP contribution >= 0.6 is 0 Å². The molecule has 0 spiro atoms. The van der Waals surface area contributed by atoms with Crippen molar-refractivity contribution in [2.75, 3.05) is 0 Å². The van der Waals surface area contributed by atoms with Gasteiger partial charge in [-0.1, -0.05) is 0 Å². The zero-order chi connectivity index (χ0) is 2.71. The van der Waals surface area contributed by atoms with E-state index < -0.39 is 0 Å². The zero-order valence-electron chi connectivity index (χ0n) is 2.49. The molecule has 0 aromatic heterocycles. The van der Waals surface area contributed by atoms with Crippen molar-refractivity contribution in [1.82, 2.24) is 0 Å². The molecule has 0 atom stereocenters. The second kappa shape index (κ2) is 9.46. The Morgan fingerprint density at radius 3 is 1.75 bits per heavy atom. The van der Waals surface area contributed by atoms with E-state index in [4.69, 9.17) is 0 Å². The number of hydrogen-bond donors (Lipinski definition) is 0. The molecule has 0 rings (SSSR count). The van der Waals surface area contributed by atoms with Crippen LogP contribution in [0.15, 0.2) is 6.58 Å². The second-order valence-corrected chi connectivity index (χ2v) is 0.250. The predicted octanol–water partition coefficient (Wildman–Crippen LogP) is 0.807. The summed E-state index contributed by atoms with van der Waals surface area (Å²) in [5.41, 5.74) is 0. The van der Waals surface area contributed by atoms with E-state index in [1.807, 2.05) is 0 Å². The predicted molar refractivity (Wildman–Crippen MR) is 14.2 cm³/mol. The van der Waals surface area contributed by atoms with Gasteiger partial charge in [-0.05, 0) is 0 Å². The minimum Gasteiger partial charge on any atom is 0 e. The Labute approximate surface area is 52.2 Å². The molecular weight excluding hydrogens is 125 g/mol. The second-order valence-electron chi connectivity index (χ2n) is 0.250. The summed E-state index contributed by atoms with van der Waals surface area (Å²) in [7, 11) is 0. The first-order valence-electron chi connectivity index (χ1n) is 0.707. The van der Waals surface area contributed by atoms with Gasteiger partial charge in [0, 0.05) is 52.3 Å². The molecule has 0 N–H and O–H groups in total. The first-order chi connectivity index (χ1) is 1.41. The molecule has 0 bridgehead atoms. The SMILES string of the molecule is C=[C+][CH2-].[Y]. The monoisotopic (exact) mass is 129 g/mol. The van der Waals surface area contributed by atoms with Crippen LogP contribution in [0.2, 0.25) is 0 Å². The molecular formula is C3H4Y. The maximum atomic E-state index is 3.12. The number of hydrogen-bond acceptors (Lipinski definition) is 0. The van der Waals surface area contributed by atoms with Crippen molar-refractivity contribution in [2.24, 2.45) is 0 Å². The summed E-state index contributed by atoms with van der Waals surface area (Å²) < 4.78 is 0. The molecule has 0 amide bonds. The van der Waals surface area contributed by atoms with E-state index in [9.17, 15) is 0 Å². The van der Waals surface area contributed by atoms with Crippen LogP contribution in [-0.2, 0) is 32.7 Å². The van der Waals surface area contributed by atoms with Gasteiger partial charge in [0.1, 0.15) is 0 Å². The minimum atomic E-state index is 0. The van der Waals surface area contributed by atoms with Crippen LogP contribution < -0.4 is 0 Å². The Hall–Kier alpha value is 0.624. The van der Waals surface area contributed by atoms with Crippen molar-refractivity contribution in [3.05, 3.63) is 19.6 Å². The molecule has 1 heteroatoms. The fraction of sp³-hybridized carbons (Fsp3) is 0. The normalized spacial score (nSPS) is 2.00. The van der Waals surface area contributed by atoms with E-state index in [-0.39, 0.29) is 32.7 Å². The molecule has 0 unspecified atom stereocenters. The quantitative estimate of drug-likeness (QED) is 0.424. The molecule has 0 nitrogen and oxygen atoms in total. The van der Waals surface area contributed by atoms with Crippen molar-refractivity contribution < 1.29 is 32.7 Å². The average Bonchev–Trinajstić information content (AvgIpc) is 0.918. The van der Waals surface area contributed by atoms with Crippen LogP contribution in [0.1, 0.15) is 0 Å². The first kappa shape index (κ1) is 8.82. The van der Waals surface area contributed by atoms with Gasteiger partial charge in [-0.2, -0.15) is 0 Å². The third kappa shape index (κ3) is 17.8. The fourth-order valence-electron chi connectivity index (χ4n) is 0. The molecule has 1 radical (unpaired) electrons. The van der Waals surface area contributed by atoms with Gasteiger partial charge in [-0.15, -0.1) is 0 Å². The summed E-state index contributed by atoms with van der Waals surface area (Å²) in [6.45, 7) is 6.25. The third-order valence-electron chi connectivity index (χ3n) is 0. The third-order valence-corrected chi connectivity index (χ3v) is 0. The maximum Gasteiger partial charge on any atom is 0.0486 e. The van der Waals surface area contributed by atoms with E-state index in [1.165, 1.54) is 0 Å². The van der Waals surface area contributed by atoms with Crippen molar-refractivity contribution in [1.29, 1.82) is 0 Å². The van der Waals surface area contributed by atoms with Gasteiger partial charge in [0.25, 0.3) is 0 Å². The van der Waals surface area contributed by atoms with Gasteiger partial charge in [-0.3, -0.25) is 0 Å². The summed E-state index contributed by atoms with van der Waals surface area (Å²) in [5, 5.41) is 0. The molecule has 19 valence electrons. The maximum absolute atomic E-state index is 3.12. The van der Waals surface area contributed by atoms with Crippen LogP contribution in [0, 0.1) is 13.0 Å². The van der Waals surface area contributed by atoms with Gasteiger partial charge in [0.05, 0.1) is 0 Å². The summed E-state index contributed by atoms with van der Waals surface area (Å²) in [5.74, 6) is 0. The van der Waals surface area contributed by atoms with Gasteiger partial charge >= 0.3 is 0 Å². The summed E-state index contributed by atoms with van der Waals surface area (Å²) in [4.78, 5) is 0. The molecule has 0 saturated heterocycles. The average molecular weight is 129 g/mol. The zero-order valence-corrected chi connectivity index (χ0v) is 5.33. The molecule has 0 heterocycles. The fourth-order valence-corrected chi connectivity index (χ4v) is 0. The van der Waals surface area contributed by atoms with Gasteiger partial charge in [-0.25, -0.2) is 0 Å². The molecule has 0 fully saturated rings. The number of rotatable bonds is 0. The Morgan fingerprint density at radius 2 is 1.75 bits per heavy atom. The van der Waals surface area contributed by atoms with Gasteiger partial charge < -0.3 is 0 Å². The van der Waals surface area contributed by atoms with Crippen LogP contribution in [0.25, 0.3) is 0 Å². The van der Waals surface area contributed by atoms with E-state index in [1.54, 1.807) is 0 Å². The first-order valence-corrected chi connectivity index (χ1v) is 0.707. The molecule has 0 aliphatic carbocycles. The van der Waals surface area contributed by atoms with Gasteiger partial charge in [0.15, 0.2) is 0 Å². The number of allylic oxidation sites excluding steroid dienone is 1. The van der Waals surface area contributed by atoms with Gasteiger partial charge in [0.2, 0.25) is 0 Å². The van der Waals surface area contributed by atoms with Crippen molar-refractivity contribution >= 4 is 0 Å². The molecule has 0 aromatic carbocycles. The van der Waals surface area contributed by atoms with Crippen LogP contribution in [0.5, 0.6) is 0 Å². The van der Waals surface area contributed by atoms with E-state index in [0.717, 1.165) is 0 Å². The molecule has 0 aromatic rings. The van der Waals surface area contributed by atoms with E-state index in [0.29, 0.717) is 0 Å². The van der Waals surface area contributed by atoms with E-state index >= 15 is 0 Å². The summed E-state index contributed by atoms with van der Waals surface area (Å²) >= 11 is 0. The standard InChI is InChI=1S/C3H4.Y/c1-3-2;/h1-2H2;. The topological polar surface area (TPSA) is 0 Å². The Kier molecular flexibility index (Phi) is 20.9. The van der Waals surface area contributed by atoms with Crippen LogP contribution in [-0.4, -0.2) is 0 Å². The van der Waals surface area contributed by atoms with E-state index in [2.05, 4.69) is 19.6 Å². The van der Waals surface area contributed by atoms with Crippen LogP contribution in [0.4, 0.5) is 0 Å². The molecule has 0 saturated carbocycles. The summed E-state index contributed by atoms with van der Waals surface area (Å²) in [6, 6.07) is 0.